The molecule has 0 unspecified atom stereocenters. The average molecular weight is 426 g/mol. The molecule has 2 aromatic rings. The number of nitrogens with zero attached hydrogens (tertiary/aromatic N) is 5. The summed E-state index contributed by atoms with van der Waals surface area (Å²) in [4.78, 5) is 47.6. The molecular formula is C23H31N5O3. The summed E-state index contributed by atoms with van der Waals surface area (Å²) >= 11 is 0. The lowest BCUT2D eigenvalue weighted by Crippen LogP contribution is -2.40. The summed E-state index contributed by atoms with van der Waals surface area (Å²) in [5, 5.41) is 0. The fraction of sp³-hybridized carbons (Fsp3) is 0.609. The fourth-order valence-corrected chi connectivity index (χ4v) is 5.09. The van der Waals surface area contributed by atoms with Gasteiger partial charge >= 0.3 is 5.69 Å². The number of likely N-dealkylation sites (tertiary alicyclic amines) is 1. The number of hydrogen-bond donors (Lipinski definition) is 0. The lowest BCUT2D eigenvalue weighted by Gasteiger charge is -2.34. The zero-order chi connectivity index (χ0) is 22.1. The fourth-order valence-electron chi connectivity index (χ4n) is 5.09. The van der Waals surface area contributed by atoms with Gasteiger partial charge in [-0.3, -0.25) is 14.2 Å². The van der Waals surface area contributed by atoms with Crippen LogP contribution in [0, 0.1) is 20.8 Å². The molecule has 8 nitrogen and oxygen atoms in total. The monoisotopic (exact) mass is 425 g/mol. The van der Waals surface area contributed by atoms with Gasteiger partial charge < -0.3 is 9.47 Å². The van der Waals surface area contributed by atoms with E-state index in [0.717, 1.165) is 61.5 Å². The highest BCUT2D eigenvalue weighted by molar-refractivity contribution is 5.76. The van der Waals surface area contributed by atoms with Crippen molar-refractivity contribution in [1.82, 2.24) is 24.0 Å². The Morgan fingerprint density at radius 3 is 2.71 bits per heavy atom. The quantitative estimate of drug-likeness (QED) is 0.729. The Morgan fingerprint density at radius 2 is 1.94 bits per heavy atom. The van der Waals surface area contributed by atoms with Crippen molar-refractivity contribution in [3.63, 3.8) is 0 Å². The first-order chi connectivity index (χ1) is 14.8. The predicted molar refractivity (Wildman–Crippen MR) is 117 cm³/mol. The van der Waals surface area contributed by atoms with E-state index >= 15 is 0 Å². The van der Waals surface area contributed by atoms with Gasteiger partial charge in [0.05, 0.1) is 0 Å². The first-order valence-corrected chi connectivity index (χ1v) is 11.3. The number of hydrogen-bond acceptors (Lipinski definition) is 5. The van der Waals surface area contributed by atoms with Crippen molar-refractivity contribution in [3.8, 4) is 0 Å². The van der Waals surface area contributed by atoms with Gasteiger partial charge in [0, 0.05) is 67.6 Å². The normalized spacial score (nSPS) is 18.3. The van der Waals surface area contributed by atoms with Crippen LogP contribution in [0.2, 0.25) is 0 Å². The summed E-state index contributed by atoms with van der Waals surface area (Å²) < 4.78 is 3.85. The van der Waals surface area contributed by atoms with Crippen LogP contribution in [0.4, 0.5) is 0 Å². The number of aromatic nitrogens is 4. The smallest absolute Gasteiger partial charge is 0.342 e. The van der Waals surface area contributed by atoms with Gasteiger partial charge in [0.15, 0.2) is 0 Å². The number of amides is 1. The van der Waals surface area contributed by atoms with E-state index in [0.29, 0.717) is 31.6 Å². The van der Waals surface area contributed by atoms with Crippen molar-refractivity contribution >= 4 is 5.91 Å². The van der Waals surface area contributed by atoms with E-state index in [1.165, 1.54) is 0 Å². The first kappa shape index (κ1) is 21.5. The molecule has 1 fully saturated rings. The maximum atomic E-state index is 12.9. The predicted octanol–water partition coefficient (Wildman–Crippen LogP) is 1.86. The Morgan fingerprint density at radius 1 is 1.13 bits per heavy atom. The Hall–Kier alpha value is -2.77. The molecule has 0 radical (unpaired) electrons. The molecule has 8 heteroatoms. The van der Waals surface area contributed by atoms with Crippen LogP contribution in [-0.4, -0.2) is 43.0 Å². The van der Waals surface area contributed by atoms with E-state index in [2.05, 4.69) is 14.5 Å². The highest BCUT2D eigenvalue weighted by atomic mass is 16.2. The third-order valence-corrected chi connectivity index (χ3v) is 6.60. The second-order valence-electron chi connectivity index (χ2n) is 8.85. The average Bonchev–Trinajstić information content (AvgIpc) is 3.18. The lowest BCUT2D eigenvalue weighted by atomic mass is 9.91. The molecule has 0 N–H and O–H groups in total. The Labute approximate surface area is 181 Å². The minimum atomic E-state index is -0.254. The minimum Gasteiger partial charge on any atom is -0.342 e. The molecule has 0 spiro atoms. The highest BCUT2D eigenvalue weighted by Crippen LogP contribution is 2.30. The number of piperidine rings is 1. The molecular weight excluding hydrogens is 394 g/mol. The van der Waals surface area contributed by atoms with E-state index in [4.69, 9.17) is 0 Å². The molecule has 2 aliphatic rings. The number of carbonyl (C=O) groups excluding carboxylic acids is 1. The van der Waals surface area contributed by atoms with Crippen LogP contribution in [0.3, 0.4) is 0 Å². The first-order valence-electron chi connectivity index (χ1n) is 11.3. The van der Waals surface area contributed by atoms with Crippen LogP contribution in [0.5, 0.6) is 0 Å². The molecule has 0 saturated carbocycles. The largest absolute Gasteiger partial charge is 0.347 e. The summed E-state index contributed by atoms with van der Waals surface area (Å²) in [6.45, 7) is 8.37. The molecule has 1 saturated heterocycles. The molecule has 0 aromatic carbocycles. The van der Waals surface area contributed by atoms with E-state index < -0.39 is 0 Å². The molecule has 1 amide bonds. The van der Waals surface area contributed by atoms with Gasteiger partial charge in [0.1, 0.15) is 5.82 Å². The summed E-state index contributed by atoms with van der Waals surface area (Å²) in [5.41, 5.74) is 3.01. The third-order valence-electron chi connectivity index (χ3n) is 6.60. The zero-order valence-electron chi connectivity index (χ0n) is 18.7. The SMILES string of the molecule is Cc1cc(C)n(CCCC(=O)N2CCC[C@@H](c3c(C)c(=O)nc4n3CCC4)C2)c(=O)n1. The Balaban J connectivity index is 1.42. The molecule has 4 heterocycles. The number of aryl methyl sites for hydroxylation is 3. The number of fused-ring (bicyclic) bond motifs is 1. The second-order valence-corrected chi connectivity index (χ2v) is 8.85. The molecule has 31 heavy (non-hydrogen) atoms. The Bertz CT molecular complexity index is 1120. The molecule has 166 valence electrons. The van der Waals surface area contributed by atoms with Gasteiger partial charge in [-0.05, 0) is 52.5 Å². The molecule has 2 aromatic heterocycles. The lowest BCUT2D eigenvalue weighted by molar-refractivity contribution is -0.132. The summed E-state index contributed by atoms with van der Waals surface area (Å²) in [7, 11) is 0. The second kappa shape index (κ2) is 8.77. The van der Waals surface area contributed by atoms with E-state index in [-0.39, 0.29) is 23.1 Å². The van der Waals surface area contributed by atoms with Crippen molar-refractivity contribution in [1.29, 1.82) is 0 Å². The summed E-state index contributed by atoms with van der Waals surface area (Å²) in [6.07, 6.45) is 4.79. The van der Waals surface area contributed by atoms with Gasteiger partial charge in [0.2, 0.25) is 5.91 Å². The molecule has 2 aliphatic heterocycles. The van der Waals surface area contributed by atoms with Crippen LogP contribution >= 0.6 is 0 Å². The van der Waals surface area contributed by atoms with Gasteiger partial charge in [-0.25, -0.2) is 4.79 Å². The van der Waals surface area contributed by atoms with Crippen molar-refractivity contribution in [3.05, 3.63) is 55.4 Å². The van der Waals surface area contributed by atoms with Crippen LogP contribution < -0.4 is 11.2 Å². The van der Waals surface area contributed by atoms with Gasteiger partial charge in [0.25, 0.3) is 5.56 Å². The third kappa shape index (κ3) is 4.34. The molecule has 0 aliphatic carbocycles. The van der Waals surface area contributed by atoms with Crippen molar-refractivity contribution in [2.24, 2.45) is 0 Å². The number of rotatable bonds is 5. The summed E-state index contributed by atoms with van der Waals surface area (Å²) in [5.74, 6) is 1.18. The zero-order valence-corrected chi connectivity index (χ0v) is 18.7. The standard InChI is InChI=1S/C23H31N5O3/c1-15-13-16(2)27(23(31)24-15)11-6-9-20(29)26-10-4-7-18(14-26)21-17(3)22(30)25-19-8-5-12-28(19)21/h13,18H,4-12,14H2,1-3H3/t18-/m1/s1. The summed E-state index contributed by atoms with van der Waals surface area (Å²) in [6, 6.07) is 1.88. The van der Waals surface area contributed by atoms with Crippen LogP contribution in [0.15, 0.2) is 15.7 Å². The van der Waals surface area contributed by atoms with Crippen LogP contribution in [0.25, 0.3) is 0 Å². The maximum absolute atomic E-state index is 12.9. The van der Waals surface area contributed by atoms with Crippen molar-refractivity contribution in [2.45, 2.75) is 78.3 Å². The highest BCUT2D eigenvalue weighted by Gasteiger charge is 2.30. The number of carbonyl (C=O) groups is 1. The maximum Gasteiger partial charge on any atom is 0.347 e. The molecule has 1 atom stereocenters. The molecule has 0 bridgehead atoms. The van der Waals surface area contributed by atoms with E-state index in [9.17, 15) is 14.4 Å². The van der Waals surface area contributed by atoms with Crippen LogP contribution in [-0.2, 0) is 24.3 Å². The molecule has 4 rings (SSSR count). The van der Waals surface area contributed by atoms with Gasteiger partial charge in [-0.15, -0.1) is 0 Å². The minimum absolute atomic E-state index is 0.117. The van der Waals surface area contributed by atoms with Crippen molar-refractivity contribution in [2.75, 3.05) is 13.1 Å². The topological polar surface area (TPSA) is 90.1 Å². The van der Waals surface area contributed by atoms with Crippen LogP contribution in [0.1, 0.15) is 66.5 Å². The Kier molecular flexibility index (Phi) is 6.07. The van der Waals surface area contributed by atoms with E-state index in [1.807, 2.05) is 31.7 Å². The van der Waals surface area contributed by atoms with Gasteiger partial charge in [-0.2, -0.15) is 9.97 Å². The van der Waals surface area contributed by atoms with Crippen molar-refractivity contribution < 1.29 is 4.79 Å². The van der Waals surface area contributed by atoms with Gasteiger partial charge in [-0.1, -0.05) is 0 Å². The van der Waals surface area contributed by atoms with E-state index in [1.54, 1.807) is 4.57 Å².